The molecule has 0 bridgehead atoms. The second kappa shape index (κ2) is 6.75. The Bertz CT molecular complexity index is 384. The van der Waals surface area contributed by atoms with Crippen molar-refractivity contribution in [3.05, 3.63) is 0 Å². The van der Waals surface area contributed by atoms with E-state index in [1.807, 2.05) is 7.05 Å². The predicted octanol–water partition coefficient (Wildman–Crippen LogP) is 1.25. The molecule has 0 spiro atoms. The second-order valence-corrected chi connectivity index (χ2v) is 5.09. The third-order valence-electron chi connectivity index (χ3n) is 2.73. The third-order valence-corrected chi connectivity index (χ3v) is 3.55. The first-order valence-corrected chi connectivity index (χ1v) is 7.12. The van der Waals surface area contributed by atoms with Crippen molar-refractivity contribution in [2.45, 2.75) is 18.0 Å². The first-order valence-electron chi connectivity index (χ1n) is 6.14. The Hall–Kier alpha value is -1.08. The number of ether oxygens (including phenoxy) is 1. The first-order chi connectivity index (χ1) is 8.83. The third kappa shape index (κ3) is 3.46. The molecule has 0 radical (unpaired) electrons. The van der Waals surface area contributed by atoms with E-state index in [0.29, 0.717) is 12.6 Å². The zero-order chi connectivity index (χ0) is 12.8. The van der Waals surface area contributed by atoms with Gasteiger partial charge in [0.25, 0.3) is 0 Å². The smallest absolute Gasteiger partial charge is 0.231 e. The molecule has 1 saturated heterocycles. The summed E-state index contributed by atoms with van der Waals surface area (Å²) < 4.78 is 5.03. The number of hydrogen-bond donors (Lipinski definition) is 1. The molecule has 1 aromatic rings. The van der Waals surface area contributed by atoms with Crippen LogP contribution in [0.4, 0.5) is 11.9 Å². The molecule has 0 unspecified atom stereocenters. The van der Waals surface area contributed by atoms with E-state index in [1.165, 1.54) is 12.8 Å². The number of nitrogens with one attached hydrogen (secondary N) is 1. The van der Waals surface area contributed by atoms with Gasteiger partial charge in [0.2, 0.25) is 11.9 Å². The summed E-state index contributed by atoms with van der Waals surface area (Å²) in [6.45, 7) is 2.77. The molecular formula is C11H19N5OS. The highest BCUT2D eigenvalue weighted by atomic mass is 32.2. The second-order valence-electron chi connectivity index (χ2n) is 4.03. The number of methoxy groups -OCH3 is 1. The Morgan fingerprint density at radius 3 is 2.72 bits per heavy atom. The topological polar surface area (TPSA) is 63.2 Å². The summed E-state index contributed by atoms with van der Waals surface area (Å²) in [6.07, 6.45) is 2.43. The maximum atomic E-state index is 5.03. The molecule has 0 amide bonds. The van der Waals surface area contributed by atoms with E-state index in [1.54, 1.807) is 18.9 Å². The Kier molecular flexibility index (Phi) is 5.00. The molecule has 0 saturated carbocycles. The van der Waals surface area contributed by atoms with Gasteiger partial charge in [-0.3, -0.25) is 0 Å². The lowest BCUT2D eigenvalue weighted by Crippen LogP contribution is -2.21. The summed E-state index contributed by atoms with van der Waals surface area (Å²) in [5.74, 6) is 2.27. The van der Waals surface area contributed by atoms with Crippen molar-refractivity contribution < 1.29 is 4.74 Å². The van der Waals surface area contributed by atoms with Gasteiger partial charge in [-0.15, -0.1) is 0 Å². The van der Waals surface area contributed by atoms with Crippen molar-refractivity contribution in [3.8, 4) is 0 Å². The summed E-state index contributed by atoms with van der Waals surface area (Å²) in [7, 11) is 3.52. The summed E-state index contributed by atoms with van der Waals surface area (Å²) in [5.41, 5.74) is 0. The lowest BCUT2D eigenvalue weighted by Gasteiger charge is -2.16. The fraction of sp³-hybridized carbons (Fsp3) is 0.727. The van der Waals surface area contributed by atoms with Crippen LogP contribution in [0.5, 0.6) is 0 Å². The number of hydrogen-bond acceptors (Lipinski definition) is 7. The zero-order valence-electron chi connectivity index (χ0n) is 10.8. The van der Waals surface area contributed by atoms with Gasteiger partial charge in [0.15, 0.2) is 5.16 Å². The molecule has 0 aliphatic carbocycles. The van der Waals surface area contributed by atoms with E-state index in [-0.39, 0.29) is 0 Å². The van der Waals surface area contributed by atoms with Gasteiger partial charge < -0.3 is 15.0 Å². The van der Waals surface area contributed by atoms with E-state index in [0.717, 1.165) is 29.9 Å². The van der Waals surface area contributed by atoms with Crippen molar-refractivity contribution in [3.63, 3.8) is 0 Å². The number of nitrogens with zero attached hydrogens (tertiary/aromatic N) is 4. The number of aromatic nitrogens is 3. The van der Waals surface area contributed by atoms with Gasteiger partial charge in [0.05, 0.1) is 6.61 Å². The van der Waals surface area contributed by atoms with Gasteiger partial charge in [-0.05, 0) is 12.8 Å². The summed E-state index contributed by atoms with van der Waals surface area (Å²) >= 11 is 1.59. The molecule has 7 heteroatoms. The van der Waals surface area contributed by atoms with Gasteiger partial charge >= 0.3 is 0 Å². The minimum absolute atomic E-state index is 0.631. The molecule has 1 N–H and O–H groups in total. The number of thioether (sulfide) groups is 1. The fourth-order valence-electron chi connectivity index (χ4n) is 1.80. The van der Waals surface area contributed by atoms with Gasteiger partial charge in [0.1, 0.15) is 0 Å². The van der Waals surface area contributed by atoms with Crippen molar-refractivity contribution >= 4 is 23.7 Å². The molecule has 1 aromatic heterocycles. The quantitative estimate of drug-likeness (QED) is 0.616. The molecule has 2 heterocycles. The molecule has 100 valence electrons. The summed E-state index contributed by atoms with van der Waals surface area (Å²) in [4.78, 5) is 15.5. The van der Waals surface area contributed by atoms with Crippen LogP contribution in [-0.4, -0.2) is 54.6 Å². The minimum atomic E-state index is 0.631. The molecule has 1 fully saturated rings. The molecule has 2 rings (SSSR count). The Morgan fingerprint density at radius 1 is 1.28 bits per heavy atom. The Labute approximate surface area is 112 Å². The molecule has 6 nitrogen and oxygen atoms in total. The van der Waals surface area contributed by atoms with Crippen molar-refractivity contribution in [2.75, 3.05) is 49.8 Å². The minimum Gasteiger partial charge on any atom is -0.384 e. The van der Waals surface area contributed by atoms with Crippen molar-refractivity contribution in [1.29, 1.82) is 0 Å². The molecule has 1 aliphatic heterocycles. The van der Waals surface area contributed by atoms with Gasteiger partial charge in [-0.2, -0.15) is 15.0 Å². The number of anilines is 2. The maximum absolute atomic E-state index is 5.03. The van der Waals surface area contributed by atoms with E-state index in [2.05, 4.69) is 25.2 Å². The summed E-state index contributed by atoms with van der Waals surface area (Å²) in [6, 6.07) is 0. The maximum Gasteiger partial charge on any atom is 0.231 e. The standard InChI is InChI=1S/C11H19N5OS/c1-12-9-13-10(16-5-3-4-6-16)15-11(14-9)18-8-7-17-2/h3-8H2,1-2H3,(H,12,13,14,15). The van der Waals surface area contributed by atoms with E-state index >= 15 is 0 Å². The number of rotatable bonds is 6. The highest BCUT2D eigenvalue weighted by Crippen LogP contribution is 2.21. The van der Waals surface area contributed by atoms with Gasteiger partial charge in [-0.25, -0.2) is 0 Å². The highest BCUT2D eigenvalue weighted by Gasteiger charge is 2.17. The molecule has 18 heavy (non-hydrogen) atoms. The van der Waals surface area contributed by atoms with Crippen molar-refractivity contribution in [2.24, 2.45) is 0 Å². The van der Waals surface area contributed by atoms with Crippen LogP contribution in [0.2, 0.25) is 0 Å². The van der Waals surface area contributed by atoms with Crippen LogP contribution in [0, 0.1) is 0 Å². The normalized spacial score (nSPS) is 15.1. The summed E-state index contributed by atoms with van der Waals surface area (Å²) in [5, 5.41) is 3.75. The predicted molar refractivity (Wildman–Crippen MR) is 73.4 cm³/mol. The fourth-order valence-corrected chi connectivity index (χ4v) is 2.53. The van der Waals surface area contributed by atoms with Crippen LogP contribution in [0.15, 0.2) is 5.16 Å². The van der Waals surface area contributed by atoms with Crippen LogP contribution in [-0.2, 0) is 4.74 Å². The van der Waals surface area contributed by atoms with Crippen LogP contribution in [0.25, 0.3) is 0 Å². The van der Waals surface area contributed by atoms with Gasteiger partial charge in [-0.1, -0.05) is 11.8 Å². The lowest BCUT2D eigenvalue weighted by atomic mass is 10.4. The van der Waals surface area contributed by atoms with Crippen LogP contribution in [0.1, 0.15) is 12.8 Å². The average molecular weight is 269 g/mol. The largest absolute Gasteiger partial charge is 0.384 e. The molecule has 0 atom stereocenters. The monoisotopic (exact) mass is 269 g/mol. The zero-order valence-corrected chi connectivity index (χ0v) is 11.7. The van der Waals surface area contributed by atoms with Crippen molar-refractivity contribution in [1.82, 2.24) is 15.0 Å². The Morgan fingerprint density at radius 2 is 2.06 bits per heavy atom. The van der Waals surface area contributed by atoms with Crippen LogP contribution in [0.3, 0.4) is 0 Å². The molecular weight excluding hydrogens is 250 g/mol. The Balaban J connectivity index is 2.10. The van der Waals surface area contributed by atoms with Gasteiger partial charge in [0, 0.05) is 33.0 Å². The highest BCUT2D eigenvalue weighted by molar-refractivity contribution is 7.99. The molecule has 0 aromatic carbocycles. The van der Waals surface area contributed by atoms with E-state index in [9.17, 15) is 0 Å². The lowest BCUT2D eigenvalue weighted by molar-refractivity contribution is 0.218. The van der Waals surface area contributed by atoms with Crippen LogP contribution >= 0.6 is 11.8 Å². The van der Waals surface area contributed by atoms with E-state index < -0.39 is 0 Å². The van der Waals surface area contributed by atoms with E-state index in [4.69, 9.17) is 4.74 Å². The SMILES string of the molecule is CNc1nc(SCCOC)nc(N2CCCC2)n1. The first kappa shape index (κ1) is 13.4. The average Bonchev–Trinajstić information content (AvgIpc) is 2.92. The molecule has 1 aliphatic rings. The van der Waals surface area contributed by atoms with Crippen LogP contribution < -0.4 is 10.2 Å².